The Hall–Kier alpha value is -1.85. The molecule has 17 heavy (non-hydrogen) atoms. The maximum absolute atomic E-state index is 11.6. The number of nitrogens with one attached hydrogen (secondary N) is 1. The van der Waals surface area contributed by atoms with Crippen LogP contribution in [-0.2, 0) is 9.59 Å². The highest BCUT2D eigenvalue weighted by atomic mass is 16.4. The van der Waals surface area contributed by atoms with Crippen molar-refractivity contribution in [1.82, 2.24) is 10.2 Å². The molecule has 0 rings (SSSR count). The van der Waals surface area contributed by atoms with Gasteiger partial charge in [0.2, 0.25) is 0 Å². The predicted molar refractivity (Wildman–Crippen MR) is 62.4 cm³/mol. The van der Waals surface area contributed by atoms with Gasteiger partial charge < -0.3 is 10.0 Å². The molecule has 0 heterocycles. The molecule has 0 aromatic rings. The average molecular weight is 242 g/mol. The van der Waals surface area contributed by atoms with E-state index in [1.165, 1.54) is 4.90 Å². The molecule has 0 bridgehead atoms. The van der Waals surface area contributed by atoms with Gasteiger partial charge in [0.15, 0.2) is 0 Å². The van der Waals surface area contributed by atoms with E-state index >= 15 is 0 Å². The lowest BCUT2D eigenvalue weighted by Gasteiger charge is -2.26. The molecule has 0 aliphatic rings. The largest absolute Gasteiger partial charge is 0.478 e. The summed E-state index contributed by atoms with van der Waals surface area (Å²) in [6, 6.07) is -0.488. The van der Waals surface area contributed by atoms with Gasteiger partial charge in [0.1, 0.15) is 0 Å². The van der Waals surface area contributed by atoms with Crippen molar-refractivity contribution >= 4 is 17.9 Å². The first-order chi connectivity index (χ1) is 7.92. The Labute approximate surface area is 100 Å². The molecule has 0 aliphatic carbocycles. The normalized spacial score (nSPS) is 12.2. The van der Waals surface area contributed by atoms with Crippen LogP contribution in [0.25, 0.3) is 0 Å². The van der Waals surface area contributed by atoms with E-state index in [0.717, 1.165) is 12.5 Å². The number of imide groups is 1. The van der Waals surface area contributed by atoms with Crippen molar-refractivity contribution < 1.29 is 19.5 Å². The van der Waals surface area contributed by atoms with Gasteiger partial charge in [-0.25, -0.2) is 9.59 Å². The third-order valence-corrected chi connectivity index (χ3v) is 2.33. The van der Waals surface area contributed by atoms with Gasteiger partial charge in [-0.15, -0.1) is 0 Å². The van der Waals surface area contributed by atoms with E-state index in [4.69, 9.17) is 5.11 Å². The molecule has 0 aromatic heterocycles. The quantitative estimate of drug-likeness (QED) is 0.704. The standard InChI is InChI=1S/C11H18N2O4/c1-4-8(3)13(5-2)11(17)12-9(14)6-7-10(15)16/h6-8H,4-5H2,1-3H3,(H,15,16)(H,12,14,17)/b7-6+. The molecule has 0 aliphatic heterocycles. The number of rotatable bonds is 5. The third-order valence-electron chi connectivity index (χ3n) is 2.33. The molecular formula is C11H18N2O4. The Bertz CT molecular complexity index is 325. The van der Waals surface area contributed by atoms with Crippen molar-refractivity contribution in [3.63, 3.8) is 0 Å². The first-order valence-corrected chi connectivity index (χ1v) is 5.44. The number of hydrogen-bond donors (Lipinski definition) is 2. The minimum Gasteiger partial charge on any atom is -0.478 e. The summed E-state index contributed by atoms with van der Waals surface area (Å²) in [7, 11) is 0. The summed E-state index contributed by atoms with van der Waals surface area (Å²) in [4.78, 5) is 34.5. The maximum atomic E-state index is 11.6. The van der Waals surface area contributed by atoms with Crippen LogP contribution in [0.3, 0.4) is 0 Å². The van der Waals surface area contributed by atoms with E-state index in [1.54, 1.807) is 0 Å². The Kier molecular flexibility index (Phi) is 6.62. The molecule has 2 N–H and O–H groups in total. The number of carboxylic acid groups (broad SMARTS) is 1. The van der Waals surface area contributed by atoms with Gasteiger partial charge in [-0.1, -0.05) is 6.92 Å². The van der Waals surface area contributed by atoms with E-state index in [1.807, 2.05) is 20.8 Å². The monoisotopic (exact) mass is 242 g/mol. The predicted octanol–water partition coefficient (Wildman–Crippen LogP) is 0.984. The highest BCUT2D eigenvalue weighted by Crippen LogP contribution is 2.02. The van der Waals surface area contributed by atoms with Crippen molar-refractivity contribution in [3.05, 3.63) is 12.2 Å². The smallest absolute Gasteiger partial charge is 0.328 e. The molecule has 0 aromatic carbocycles. The second kappa shape index (κ2) is 7.43. The van der Waals surface area contributed by atoms with E-state index in [9.17, 15) is 14.4 Å². The molecule has 6 heteroatoms. The number of carboxylic acids is 1. The van der Waals surface area contributed by atoms with E-state index in [0.29, 0.717) is 12.6 Å². The number of urea groups is 1. The van der Waals surface area contributed by atoms with Crippen molar-refractivity contribution in [1.29, 1.82) is 0 Å². The fourth-order valence-electron chi connectivity index (χ4n) is 1.24. The topological polar surface area (TPSA) is 86.7 Å². The van der Waals surface area contributed by atoms with Crippen molar-refractivity contribution in [2.45, 2.75) is 33.2 Å². The summed E-state index contributed by atoms with van der Waals surface area (Å²) in [6.07, 6.45) is 2.27. The number of amides is 3. The number of nitrogens with zero attached hydrogens (tertiary/aromatic N) is 1. The molecule has 0 fully saturated rings. The minimum absolute atomic E-state index is 0.0243. The third kappa shape index (κ3) is 5.70. The van der Waals surface area contributed by atoms with Gasteiger partial charge in [0.05, 0.1) is 0 Å². The lowest BCUT2D eigenvalue weighted by atomic mass is 10.2. The van der Waals surface area contributed by atoms with Crippen molar-refractivity contribution in [2.75, 3.05) is 6.54 Å². The average Bonchev–Trinajstić information content (AvgIpc) is 2.26. The van der Waals surface area contributed by atoms with Crippen LogP contribution in [0.15, 0.2) is 12.2 Å². The second-order valence-electron chi connectivity index (χ2n) is 3.51. The van der Waals surface area contributed by atoms with Crippen LogP contribution in [0.1, 0.15) is 27.2 Å². The van der Waals surface area contributed by atoms with Crippen LogP contribution in [0.2, 0.25) is 0 Å². The number of carbonyl (C=O) groups excluding carboxylic acids is 2. The Balaban J connectivity index is 4.41. The molecule has 6 nitrogen and oxygen atoms in total. The van der Waals surface area contributed by atoms with Crippen LogP contribution >= 0.6 is 0 Å². The van der Waals surface area contributed by atoms with Gasteiger partial charge in [0.25, 0.3) is 5.91 Å². The molecule has 0 saturated heterocycles. The highest BCUT2D eigenvalue weighted by Gasteiger charge is 2.17. The fraction of sp³-hybridized carbons (Fsp3) is 0.545. The van der Waals surface area contributed by atoms with Crippen LogP contribution in [0.5, 0.6) is 0 Å². The van der Waals surface area contributed by atoms with Crippen molar-refractivity contribution in [3.8, 4) is 0 Å². The zero-order valence-electron chi connectivity index (χ0n) is 10.3. The summed E-state index contributed by atoms with van der Waals surface area (Å²) < 4.78 is 0. The lowest BCUT2D eigenvalue weighted by molar-refractivity contribution is -0.131. The summed E-state index contributed by atoms with van der Waals surface area (Å²) >= 11 is 0. The lowest BCUT2D eigenvalue weighted by Crippen LogP contribution is -2.46. The SMILES string of the molecule is CCC(C)N(CC)C(=O)NC(=O)/C=C/C(=O)O. The first-order valence-electron chi connectivity index (χ1n) is 5.44. The zero-order valence-corrected chi connectivity index (χ0v) is 10.3. The summed E-state index contributed by atoms with van der Waals surface area (Å²) in [5, 5.41) is 10.4. The van der Waals surface area contributed by atoms with E-state index in [2.05, 4.69) is 5.32 Å². The van der Waals surface area contributed by atoms with Gasteiger partial charge in [-0.2, -0.15) is 0 Å². The zero-order chi connectivity index (χ0) is 13.4. The highest BCUT2D eigenvalue weighted by molar-refractivity contribution is 6.02. The Morgan fingerprint density at radius 1 is 1.29 bits per heavy atom. The van der Waals surface area contributed by atoms with Crippen molar-refractivity contribution in [2.24, 2.45) is 0 Å². The van der Waals surface area contributed by atoms with E-state index < -0.39 is 17.9 Å². The summed E-state index contributed by atoms with van der Waals surface area (Å²) in [5.41, 5.74) is 0. The van der Waals surface area contributed by atoms with Crippen LogP contribution in [0.4, 0.5) is 4.79 Å². The first kappa shape index (κ1) is 15.2. The molecule has 0 spiro atoms. The van der Waals surface area contributed by atoms with Crippen LogP contribution < -0.4 is 5.32 Å². The molecule has 0 radical (unpaired) electrons. The maximum Gasteiger partial charge on any atom is 0.328 e. The molecule has 0 saturated carbocycles. The van der Waals surface area contributed by atoms with Gasteiger partial charge in [-0.05, 0) is 20.3 Å². The molecular weight excluding hydrogens is 224 g/mol. The molecule has 1 unspecified atom stereocenters. The minimum atomic E-state index is -1.23. The van der Waals surface area contributed by atoms with E-state index in [-0.39, 0.29) is 6.04 Å². The fourth-order valence-corrected chi connectivity index (χ4v) is 1.24. The summed E-state index contributed by atoms with van der Waals surface area (Å²) in [6.45, 7) is 6.10. The Morgan fingerprint density at radius 3 is 2.29 bits per heavy atom. The van der Waals surface area contributed by atoms with Crippen LogP contribution in [0, 0.1) is 0 Å². The molecule has 96 valence electrons. The number of aliphatic carboxylic acids is 1. The molecule has 1 atom stereocenters. The number of hydrogen-bond acceptors (Lipinski definition) is 3. The van der Waals surface area contributed by atoms with Gasteiger partial charge in [0, 0.05) is 24.7 Å². The van der Waals surface area contributed by atoms with Gasteiger partial charge in [-0.3, -0.25) is 10.1 Å². The van der Waals surface area contributed by atoms with Gasteiger partial charge >= 0.3 is 12.0 Å². The molecule has 3 amide bonds. The summed E-state index contributed by atoms with van der Waals surface area (Å²) in [5.74, 6) is -1.97. The number of carbonyl (C=O) groups is 3. The van der Waals surface area contributed by atoms with Crippen LogP contribution in [-0.4, -0.2) is 40.5 Å². The Morgan fingerprint density at radius 2 is 1.88 bits per heavy atom. The second-order valence-corrected chi connectivity index (χ2v) is 3.51.